The molecule has 0 bridgehead atoms. The SMILES string of the molecule is CCOC(=O)c1cc(CC)sc1NC(=O)CSCCO. The van der Waals surface area contributed by atoms with Crippen LogP contribution < -0.4 is 5.32 Å². The molecular formula is C13H19NO4S2. The van der Waals surface area contributed by atoms with Crippen LogP contribution in [0.5, 0.6) is 0 Å². The van der Waals surface area contributed by atoms with E-state index in [1.54, 1.807) is 13.0 Å². The largest absolute Gasteiger partial charge is 0.462 e. The summed E-state index contributed by atoms with van der Waals surface area (Å²) < 4.78 is 4.98. The Morgan fingerprint density at radius 1 is 1.45 bits per heavy atom. The van der Waals surface area contributed by atoms with Crippen LogP contribution in [0.1, 0.15) is 29.1 Å². The predicted molar refractivity (Wildman–Crippen MR) is 82.7 cm³/mol. The number of aliphatic hydroxyl groups is 1. The van der Waals surface area contributed by atoms with E-state index in [9.17, 15) is 9.59 Å². The first kappa shape index (κ1) is 17.0. The minimum Gasteiger partial charge on any atom is -0.462 e. The number of thiophene rings is 1. The molecule has 0 atom stereocenters. The van der Waals surface area contributed by atoms with E-state index in [1.165, 1.54) is 23.1 Å². The second-order valence-electron chi connectivity index (χ2n) is 3.85. The molecule has 0 fully saturated rings. The van der Waals surface area contributed by atoms with Gasteiger partial charge < -0.3 is 15.2 Å². The summed E-state index contributed by atoms with van der Waals surface area (Å²) in [5.74, 6) is 0.172. The first-order chi connectivity index (χ1) is 9.62. The molecule has 112 valence electrons. The number of nitrogens with one attached hydrogen (secondary N) is 1. The van der Waals surface area contributed by atoms with E-state index < -0.39 is 5.97 Å². The highest BCUT2D eigenvalue weighted by molar-refractivity contribution is 7.99. The van der Waals surface area contributed by atoms with Crippen LogP contribution in [-0.2, 0) is 16.0 Å². The van der Waals surface area contributed by atoms with Crippen molar-refractivity contribution in [1.29, 1.82) is 0 Å². The fraction of sp³-hybridized carbons (Fsp3) is 0.538. The standard InChI is InChI=1S/C13H19NO4S2/c1-3-9-7-10(13(17)18-4-2)12(20-9)14-11(16)8-19-6-5-15/h7,15H,3-6,8H2,1-2H3,(H,14,16). The van der Waals surface area contributed by atoms with Crippen LogP contribution >= 0.6 is 23.1 Å². The zero-order valence-corrected chi connectivity index (χ0v) is 13.2. The van der Waals surface area contributed by atoms with Gasteiger partial charge in [-0.3, -0.25) is 4.79 Å². The Hall–Kier alpha value is -1.05. The van der Waals surface area contributed by atoms with Crippen molar-refractivity contribution in [2.75, 3.05) is 30.0 Å². The number of carbonyl (C=O) groups excluding carboxylic acids is 2. The summed E-state index contributed by atoms with van der Waals surface area (Å²) in [6.07, 6.45) is 0.798. The lowest BCUT2D eigenvalue weighted by atomic mass is 10.2. The highest BCUT2D eigenvalue weighted by atomic mass is 32.2. The average molecular weight is 317 g/mol. The summed E-state index contributed by atoms with van der Waals surface area (Å²) in [5, 5.41) is 11.9. The van der Waals surface area contributed by atoms with Crippen LogP contribution in [0.2, 0.25) is 0 Å². The van der Waals surface area contributed by atoms with Gasteiger partial charge in [0.1, 0.15) is 5.00 Å². The van der Waals surface area contributed by atoms with Gasteiger partial charge in [0.2, 0.25) is 5.91 Å². The third-order valence-corrected chi connectivity index (χ3v) is 4.48. The highest BCUT2D eigenvalue weighted by Crippen LogP contribution is 2.29. The van der Waals surface area contributed by atoms with Crippen molar-refractivity contribution in [3.8, 4) is 0 Å². The van der Waals surface area contributed by atoms with Crippen molar-refractivity contribution >= 4 is 40.0 Å². The van der Waals surface area contributed by atoms with Crippen LogP contribution in [0.4, 0.5) is 5.00 Å². The van der Waals surface area contributed by atoms with Gasteiger partial charge in [-0.25, -0.2) is 4.79 Å². The Balaban J connectivity index is 2.74. The topological polar surface area (TPSA) is 75.6 Å². The minimum absolute atomic E-state index is 0.0466. The van der Waals surface area contributed by atoms with Crippen LogP contribution in [-0.4, -0.2) is 41.7 Å². The summed E-state index contributed by atoms with van der Waals surface area (Å²) in [5.41, 5.74) is 0.411. The van der Waals surface area contributed by atoms with E-state index in [-0.39, 0.29) is 18.3 Å². The van der Waals surface area contributed by atoms with E-state index in [0.29, 0.717) is 22.9 Å². The third kappa shape index (κ3) is 5.15. The molecule has 5 nitrogen and oxygen atoms in total. The lowest BCUT2D eigenvalue weighted by Crippen LogP contribution is -2.16. The lowest BCUT2D eigenvalue weighted by Gasteiger charge is -2.05. The zero-order chi connectivity index (χ0) is 15.0. The summed E-state index contributed by atoms with van der Waals surface area (Å²) in [6, 6.07) is 1.76. The predicted octanol–water partition coefficient (Wildman–Crippen LogP) is 2.15. The molecule has 1 heterocycles. The maximum absolute atomic E-state index is 11.8. The molecule has 0 radical (unpaired) electrons. The molecule has 1 aromatic heterocycles. The number of ether oxygens (including phenoxy) is 1. The van der Waals surface area contributed by atoms with Gasteiger partial charge in [0.15, 0.2) is 0 Å². The Labute approximate surface area is 126 Å². The lowest BCUT2D eigenvalue weighted by molar-refractivity contribution is -0.113. The molecule has 0 saturated heterocycles. The number of rotatable bonds is 8. The van der Waals surface area contributed by atoms with Gasteiger partial charge in [0.25, 0.3) is 0 Å². The maximum Gasteiger partial charge on any atom is 0.341 e. The molecule has 20 heavy (non-hydrogen) atoms. The van der Waals surface area contributed by atoms with Crippen LogP contribution in [0, 0.1) is 0 Å². The van der Waals surface area contributed by atoms with Gasteiger partial charge in [-0.15, -0.1) is 23.1 Å². The number of aliphatic hydroxyl groups excluding tert-OH is 1. The molecule has 0 aromatic carbocycles. The van der Waals surface area contributed by atoms with Gasteiger partial charge in [-0.1, -0.05) is 6.92 Å². The summed E-state index contributed by atoms with van der Waals surface area (Å²) in [7, 11) is 0. The molecule has 1 rings (SSSR count). The number of anilines is 1. The molecule has 1 aromatic rings. The van der Waals surface area contributed by atoms with Crippen molar-refractivity contribution in [1.82, 2.24) is 0 Å². The Morgan fingerprint density at radius 2 is 2.20 bits per heavy atom. The number of thioether (sulfide) groups is 1. The summed E-state index contributed by atoms with van der Waals surface area (Å²) in [6.45, 7) is 4.08. The van der Waals surface area contributed by atoms with Crippen LogP contribution in [0.15, 0.2) is 6.07 Å². The Morgan fingerprint density at radius 3 is 2.80 bits per heavy atom. The molecule has 0 aliphatic rings. The smallest absolute Gasteiger partial charge is 0.341 e. The highest BCUT2D eigenvalue weighted by Gasteiger charge is 2.18. The molecule has 7 heteroatoms. The van der Waals surface area contributed by atoms with Crippen LogP contribution in [0.3, 0.4) is 0 Å². The van der Waals surface area contributed by atoms with Crippen LogP contribution in [0.25, 0.3) is 0 Å². The van der Waals surface area contributed by atoms with E-state index in [0.717, 1.165) is 11.3 Å². The van der Waals surface area contributed by atoms with Crippen molar-refractivity contribution < 1.29 is 19.4 Å². The van der Waals surface area contributed by atoms with Gasteiger partial charge in [-0.05, 0) is 19.4 Å². The van der Waals surface area contributed by atoms with Gasteiger partial charge in [0.05, 0.1) is 24.5 Å². The number of hydrogen-bond donors (Lipinski definition) is 2. The average Bonchev–Trinajstić information content (AvgIpc) is 2.82. The van der Waals surface area contributed by atoms with E-state index >= 15 is 0 Å². The molecule has 0 aliphatic heterocycles. The number of amides is 1. The fourth-order valence-corrected chi connectivity index (χ4v) is 2.99. The second kappa shape index (κ2) is 8.99. The Bertz CT molecular complexity index is 459. The fourth-order valence-electron chi connectivity index (χ4n) is 1.46. The third-order valence-electron chi connectivity index (χ3n) is 2.35. The zero-order valence-electron chi connectivity index (χ0n) is 11.6. The first-order valence-corrected chi connectivity index (χ1v) is 8.37. The van der Waals surface area contributed by atoms with Gasteiger partial charge in [0, 0.05) is 10.6 Å². The molecule has 1 amide bonds. The van der Waals surface area contributed by atoms with Crippen molar-refractivity contribution in [2.24, 2.45) is 0 Å². The number of aryl methyl sites for hydroxylation is 1. The summed E-state index contributed by atoms with van der Waals surface area (Å²) >= 11 is 2.73. The van der Waals surface area contributed by atoms with E-state index in [1.807, 2.05) is 6.92 Å². The first-order valence-electron chi connectivity index (χ1n) is 6.40. The summed E-state index contributed by atoms with van der Waals surface area (Å²) in [4.78, 5) is 24.6. The van der Waals surface area contributed by atoms with E-state index in [4.69, 9.17) is 9.84 Å². The molecule has 0 saturated carbocycles. The number of esters is 1. The van der Waals surface area contributed by atoms with Crippen molar-refractivity contribution in [2.45, 2.75) is 20.3 Å². The molecule has 2 N–H and O–H groups in total. The number of carbonyl (C=O) groups is 2. The second-order valence-corrected chi connectivity index (χ2v) is 6.10. The van der Waals surface area contributed by atoms with Crippen molar-refractivity contribution in [3.05, 3.63) is 16.5 Å². The molecular weight excluding hydrogens is 298 g/mol. The molecule has 0 unspecified atom stereocenters. The monoisotopic (exact) mass is 317 g/mol. The number of hydrogen-bond acceptors (Lipinski definition) is 6. The van der Waals surface area contributed by atoms with Gasteiger partial charge in [-0.2, -0.15) is 0 Å². The normalized spacial score (nSPS) is 10.3. The minimum atomic E-state index is -0.415. The maximum atomic E-state index is 11.8. The molecule has 0 spiro atoms. The quantitative estimate of drug-likeness (QED) is 0.567. The van der Waals surface area contributed by atoms with Gasteiger partial charge >= 0.3 is 5.97 Å². The molecule has 0 aliphatic carbocycles. The van der Waals surface area contributed by atoms with E-state index in [2.05, 4.69) is 5.32 Å². The van der Waals surface area contributed by atoms with Crippen molar-refractivity contribution in [3.63, 3.8) is 0 Å². The Kier molecular flexibility index (Phi) is 7.64.